The van der Waals surface area contributed by atoms with Gasteiger partial charge >= 0.3 is 12.0 Å². The third kappa shape index (κ3) is 4.19. The quantitative estimate of drug-likeness (QED) is 0.838. The maximum atomic E-state index is 12.2. The summed E-state index contributed by atoms with van der Waals surface area (Å²) in [5.41, 5.74) is 1.53. The Morgan fingerprint density at radius 1 is 1.42 bits per heavy atom. The number of rotatable bonds is 6. The van der Waals surface area contributed by atoms with Crippen LogP contribution in [-0.4, -0.2) is 54.7 Å². The molecule has 1 fully saturated rings. The van der Waals surface area contributed by atoms with Crippen molar-refractivity contribution in [3.8, 4) is 0 Å². The zero-order valence-electron chi connectivity index (χ0n) is 14.7. The van der Waals surface area contributed by atoms with Crippen molar-refractivity contribution in [1.29, 1.82) is 0 Å². The number of aliphatic carboxylic acids is 1. The second kappa shape index (κ2) is 7.55. The van der Waals surface area contributed by atoms with E-state index in [-0.39, 0.29) is 12.6 Å². The molecule has 1 unspecified atom stereocenters. The standard InChI is InChI=1S/C18H27N3O3/c1-4-20(15-7-5-6-14(2)12-15)11-9-19-17(24)21-10-8-18(3,13-21)16(22)23/h5-7,12H,4,8-11,13H2,1-3H3,(H,19,24)(H,22,23). The zero-order chi connectivity index (χ0) is 17.7. The van der Waals surface area contributed by atoms with Gasteiger partial charge in [-0.1, -0.05) is 12.1 Å². The van der Waals surface area contributed by atoms with E-state index in [4.69, 9.17) is 0 Å². The number of anilines is 1. The van der Waals surface area contributed by atoms with Gasteiger partial charge in [-0.2, -0.15) is 0 Å². The van der Waals surface area contributed by atoms with Crippen LogP contribution in [0.1, 0.15) is 25.8 Å². The monoisotopic (exact) mass is 333 g/mol. The molecule has 2 N–H and O–H groups in total. The van der Waals surface area contributed by atoms with Gasteiger partial charge in [0.25, 0.3) is 0 Å². The van der Waals surface area contributed by atoms with E-state index in [1.165, 1.54) is 5.56 Å². The lowest BCUT2D eigenvalue weighted by atomic mass is 9.90. The number of amides is 2. The number of likely N-dealkylation sites (N-methyl/N-ethyl adjacent to an activating group) is 1. The minimum absolute atomic E-state index is 0.180. The summed E-state index contributed by atoms with van der Waals surface area (Å²) < 4.78 is 0. The molecule has 1 aliphatic heterocycles. The van der Waals surface area contributed by atoms with Crippen LogP contribution in [0.15, 0.2) is 24.3 Å². The van der Waals surface area contributed by atoms with Crippen molar-refractivity contribution in [2.75, 3.05) is 37.6 Å². The van der Waals surface area contributed by atoms with Gasteiger partial charge in [0.05, 0.1) is 5.41 Å². The molecule has 2 rings (SSSR count). The molecule has 1 heterocycles. The highest BCUT2D eigenvalue weighted by Gasteiger charge is 2.42. The predicted molar refractivity (Wildman–Crippen MR) is 94.4 cm³/mol. The number of nitrogens with zero attached hydrogens (tertiary/aromatic N) is 2. The molecule has 1 aliphatic rings. The lowest BCUT2D eigenvalue weighted by Gasteiger charge is -2.25. The Morgan fingerprint density at radius 2 is 2.17 bits per heavy atom. The maximum absolute atomic E-state index is 12.2. The summed E-state index contributed by atoms with van der Waals surface area (Å²) in [4.78, 5) is 27.3. The Morgan fingerprint density at radius 3 is 2.75 bits per heavy atom. The van der Waals surface area contributed by atoms with Crippen LogP contribution < -0.4 is 10.2 Å². The number of urea groups is 1. The average Bonchev–Trinajstić information content (AvgIpc) is 2.95. The second-order valence-electron chi connectivity index (χ2n) is 6.69. The minimum Gasteiger partial charge on any atom is -0.481 e. The Labute approximate surface area is 143 Å². The van der Waals surface area contributed by atoms with E-state index in [0.717, 1.165) is 18.8 Å². The highest BCUT2D eigenvalue weighted by Crippen LogP contribution is 2.29. The lowest BCUT2D eigenvalue weighted by Crippen LogP contribution is -2.43. The molecular formula is C18H27N3O3. The van der Waals surface area contributed by atoms with E-state index in [0.29, 0.717) is 19.5 Å². The largest absolute Gasteiger partial charge is 0.481 e. The van der Waals surface area contributed by atoms with Crippen LogP contribution in [0.4, 0.5) is 10.5 Å². The van der Waals surface area contributed by atoms with E-state index in [1.807, 2.05) is 6.07 Å². The Bertz CT molecular complexity index is 605. The molecule has 2 amide bonds. The second-order valence-corrected chi connectivity index (χ2v) is 6.69. The summed E-state index contributed by atoms with van der Waals surface area (Å²) in [6, 6.07) is 8.11. The van der Waals surface area contributed by atoms with E-state index in [2.05, 4.69) is 42.3 Å². The molecule has 0 saturated carbocycles. The number of nitrogens with one attached hydrogen (secondary N) is 1. The van der Waals surface area contributed by atoms with Gasteiger partial charge in [0, 0.05) is 38.4 Å². The van der Waals surface area contributed by atoms with Crippen LogP contribution in [0.25, 0.3) is 0 Å². The number of carbonyl (C=O) groups is 2. The van der Waals surface area contributed by atoms with Gasteiger partial charge in [0.15, 0.2) is 0 Å². The van der Waals surface area contributed by atoms with Crippen molar-refractivity contribution in [2.24, 2.45) is 5.41 Å². The first kappa shape index (κ1) is 18.1. The van der Waals surface area contributed by atoms with Crippen LogP contribution in [0.5, 0.6) is 0 Å². The van der Waals surface area contributed by atoms with E-state index < -0.39 is 11.4 Å². The molecule has 1 aromatic carbocycles. The molecule has 0 bridgehead atoms. The van der Waals surface area contributed by atoms with Crippen molar-refractivity contribution in [3.63, 3.8) is 0 Å². The SMILES string of the molecule is CCN(CCNC(=O)N1CCC(C)(C(=O)O)C1)c1cccc(C)c1. The topological polar surface area (TPSA) is 72.9 Å². The van der Waals surface area contributed by atoms with Crippen molar-refractivity contribution < 1.29 is 14.7 Å². The van der Waals surface area contributed by atoms with Gasteiger partial charge < -0.3 is 20.2 Å². The highest BCUT2D eigenvalue weighted by atomic mass is 16.4. The molecule has 0 spiro atoms. The van der Waals surface area contributed by atoms with Crippen LogP contribution in [0, 0.1) is 12.3 Å². The first-order chi connectivity index (χ1) is 11.4. The highest BCUT2D eigenvalue weighted by molar-refractivity contribution is 5.79. The fourth-order valence-corrected chi connectivity index (χ4v) is 3.01. The number of aryl methyl sites for hydroxylation is 1. The van der Waals surface area contributed by atoms with Gasteiger partial charge in [-0.25, -0.2) is 4.79 Å². The molecular weight excluding hydrogens is 306 g/mol. The number of hydrogen-bond donors (Lipinski definition) is 2. The summed E-state index contributed by atoms with van der Waals surface area (Å²) >= 11 is 0. The first-order valence-electron chi connectivity index (χ1n) is 8.43. The molecule has 24 heavy (non-hydrogen) atoms. The Balaban J connectivity index is 1.83. The number of benzene rings is 1. The van der Waals surface area contributed by atoms with Gasteiger partial charge in [-0.05, 0) is 44.9 Å². The van der Waals surface area contributed by atoms with Crippen LogP contribution in [0.3, 0.4) is 0 Å². The van der Waals surface area contributed by atoms with Gasteiger partial charge in [0.1, 0.15) is 0 Å². The van der Waals surface area contributed by atoms with Gasteiger partial charge in [-0.15, -0.1) is 0 Å². The molecule has 1 atom stereocenters. The minimum atomic E-state index is -0.839. The van der Waals surface area contributed by atoms with E-state index in [9.17, 15) is 14.7 Å². The first-order valence-corrected chi connectivity index (χ1v) is 8.43. The predicted octanol–water partition coefficient (Wildman–Crippen LogP) is 2.33. The number of likely N-dealkylation sites (tertiary alicyclic amines) is 1. The zero-order valence-corrected chi connectivity index (χ0v) is 14.7. The third-order valence-corrected chi connectivity index (χ3v) is 4.68. The maximum Gasteiger partial charge on any atom is 0.317 e. The molecule has 0 aliphatic carbocycles. The molecule has 6 nitrogen and oxygen atoms in total. The number of hydrogen-bond acceptors (Lipinski definition) is 3. The van der Waals surface area contributed by atoms with E-state index >= 15 is 0 Å². The molecule has 0 aromatic heterocycles. The van der Waals surface area contributed by atoms with Crippen molar-refractivity contribution in [1.82, 2.24) is 10.2 Å². The third-order valence-electron chi connectivity index (χ3n) is 4.68. The Hall–Kier alpha value is -2.24. The average molecular weight is 333 g/mol. The summed E-state index contributed by atoms with van der Waals surface area (Å²) in [6.45, 7) is 8.71. The number of carbonyl (C=O) groups excluding carboxylic acids is 1. The van der Waals surface area contributed by atoms with Gasteiger partial charge in [-0.3, -0.25) is 4.79 Å². The normalized spacial score (nSPS) is 20.0. The van der Waals surface area contributed by atoms with Crippen LogP contribution in [0.2, 0.25) is 0 Å². The summed E-state index contributed by atoms with van der Waals surface area (Å²) in [6.07, 6.45) is 0.500. The molecule has 1 aromatic rings. The molecule has 0 radical (unpaired) electrons. The fourth-order valence-electron chi connectivity index (χ4n) is 3.01. The van der Waals surface area contributed by atoms with Crippen LogP contribution >= 0.6 is 0 Å². The molecule has 132 valence electrons. The number of carboxylic acid groups (broad SMARTS) is 1. The van der Waals surface area contributed by atoms with Crippen molar-refractivity contribution in [2.45, 2.75) is 27.2 Å². The summed E-state index contributed by atoms with van der Waals surface area (Å²) in [5, 5.41) is 12.1. The van der Waals surface area contributed by atoms with E-state index in [1.54, 1.807) is 11.8 Å². The van der Waals surface area contributed by atoms with Crippen LogP contribution in [-0.2, 0) is 4.79 Å². The fraction of sp³-hybridized carbons (Fsp3) is 0.556. The molecule has 1 saturated heterocycles. The molecule has 6 heteroatoms. The lowest BCUT2D eigenvalue weighted by molar-refractivity contribution is -0.146. The number of carboxylic acids is 1. The smallest absolute Gasteiger partial charge is 0.317 e. The van der Waals surface area contributed by atoms with Gasteiger partial charge in [0.2, 0.25) is 0 Å². The summed E-state index contributed by atoms with van der Waals surface area (Å²) in [5.74, 6) is -0.839. The van der Waals surface area contributed by atoms with Crippen molar-refractivity contribution >= 4 is 17.7 Å². The summed E-state index contributed by atoms with van der Waals surface area (Å²) in [7, 11) is 0. The van der Waals surface area contributed by atoms with Crippen molar-refractivity contribution in [3.05, 3.63) is 29.8 Å². The Kier molecular flexibility index (Phi) is 5.70.